The van der Waals surface area contributed by atoms with Crippen molar-refractivity contribution in [2.75, 3.05) is 7.11 Å². The highest BCUT2D eigenvalue weighted by molar-refractivity contribution is 7.98. The Bertz CT molecular complexity index is 1800. The van der Waals surface area contributed by atoms with Crippen LogP contribution in [0.4, 0.5) is 0 Å². The number of para-hydroxylation sites is 1. The lowest BCUT2D eigenvalue weighted by molar-refractivity contribution is 0.412. The summed E-state index contributed by atoms with van der Waals surface area (Å²) in [5.41, 5.74) is 5.24. The molecular weight excluding hydrogens is 460 g/mol. The molecule has 0 saturated carbocycles. The quantitative estimate of drug-likeness (QED) is 0.334. The van der Waals surface area contributed by atoms with Gasteiger partial charge < -0.3 is 9.14 Å². The van der Waals surface area contributed by atoms with Gasteiger partial charge in [-0.1, -0.05) is 36.0 Å². The van der Waals surface area contributed by atoms with Crippen LogP contribution in [0.25, 0.3) is 28.0 Å². The Labute approximate surface area is 204 Å². The van der Waals surface area contributed by atoms with Crippen molar-refractivity contribution < 1.29 is 4.74 Å². The summed E-state index contributed by atoms with van der Waals surface area (Å²) < 4.78 is 11.1. The first-order chi connectivity index (χ1) is 17.0. The van der Waals surface area contributed by atoms with Gasteiger partial charge in [0, 0.05) is 18.1 Å². The lowest BCUT2D eigenvalue weighted by Crippen LogP contribution is -2.22. The number of fused-ring (bicyclic) bond motifs is 4. The van der Waals surface area contributed by atoms with Crippen molar-refractivity contribution in [3.8, 4) is 11.4 Å². The standard InChI is InChI=1S/C26H22N6O2S/c1-16-10-11-22(34-3)21(13-16)31-24(33)19-8-4-5-9-20(19)32-25(31)28-29-26(32)35-15-18-14-30-12-6-7-17(2)23(30)27-18/h4-14H,15H2,1-3H3. The number of imidazole rings is 1. The molecule has 0 amide bonds. The van der Waals surface area contributed by atoms with E-state index in [1.807, 2.05) is 76.6 Å². The molecule has 0 saturated heterocycles. The zero-order valence-corrected chi connectivity index (χ0v) is 20.3. The summed E-state index contributed by atoms with van der Waals surface area (Å²) >= 11 is 1.54. The first-order valence-corrected chi connectivity index (χ1v) is 12.1. The fourth-order valence-electron chi connectivity index (χ4n) is 4.38. The van der Waals surface area contributed by atoms with E-state index in [1.54, 1.807) is 11.7 Å². The normalized spacial score (nSPS) is 11.6. The van der Waals surface area contributed by atoms with Gasteiger partial charge in [0.2, 0.25) is 5.78 Å². The van der Waals surface area contributed by atoms with Crippen molar-refractivity contribution in [3.05, 3.63) is 94.2 Å². The predicted molar refractivity (Wildman–Crippen MR) is 137 cm³/mol. The maximum Gasteiger partial charge on any atom is 0.267 e. The van der Waals surface area contributed by atoms with Crippen LogP contribution in [-0.2, 0) is 5.75 Å². The number of aromatic nitrogens is 6. The second-order valence-corrected chi connectivity index (χ2v) is 9.34. The van der Waals surface area contributed by atoms with Gasteiger partial charge >= 0.3 is 0 Å². The SMILES string of the molecule is COc1ccc(C)cc1-n1c(=O)c2ccccc2n2c(SCc3cn4cccc(C)c4n3)nnc12. The maximum absolute atomic E-state index is 13.6. The molecule has 9 heteroatoms. The van der Waals surface area contributed by atoms with Crippen LogP contribution in [0.15, 0.2) is 76.9 Å². The summed E-state index contributed by atoms with van der Waals surface area (Å²) in [6.45, 7) is 4.03. The van der Waals surface area contributed by atoms with Gasteiger partial charge in [-0.2, -0.15) is 0 Å². The number of nitrogens with zero attached hydrogens (tertiary/aromatic N) is 6. The van der Waals surface area contributed by atoms with Crippen LogP contribution < -0.4 is 10.3 Å². The van der Waals surface area contributed by atoms with Crippen molar-refractivity contribution >= 4 is 34.1 Å². The number of methoxy groups -OCH3 is 1. The molecule has 0 aliphatic heterocycles. The first kappa shape index (κ1) is 21.4. The van der Waals surface area contributed by atoms with E-state index in [9.17, 15) is 4.79 Å². The molecule has 6 rings (SSSR count). The van der Waals surface area contributed by atoms with Crippen LogP contribution in [-0.4, -0.2) is 35.7 Å². The number of hydrogen-bond donors (Lipinski definition) is 0. The Morgan fingerprint density at radius 1 is 1.03 bits per heavy atom. The average Bonchev–Trinajstić information content (AvgIpc) is 3.48. The van der Waals surface area contributed by atoms with Gasteiger partial charge in [0.25, 0.3) is 5.56 Å². The molecule has 0 bridgehead atoms. The van der Waals surface area contributed by atoms with Gasteiger partial charge in [0.05, 0.1) is 29.4 Å². The number of benzene rings is 2. The van der Waals surface area contributed by atoms with Crippen molar-refractivity contribution in [3.63, 3.8) is 0 Å². The number of rotatable bonds is 5. The molecule has 0 aliphatic carbocycles. The molecule has 0 atom stereocenters. The molecular formula is C26H22N6O2S. The second kappa shape index (κ2) is 8.28. The fourth-order valence-corrected chi connectivity index (χ4v) is 5.20. The largest absolute Gasteiger partial charge is 0.495 e. The van der Waals surface area contributed by atoms with Crippen LogP contribution in [0.5, 0.6) is 5.75 Å². The van der Waals surface area contributed by atoms with E-state index in [-0.39, 0.29) is 5.56 Å². The van der Waals surface area contributed by atoms with Gasteiger partial charge in [-0.25, -0.2) is 9.55 Å². The molecule has 0 aliphatic rings. The summed E-state index contributed by atoms with van der Waals surface area (Å²) in [4.78, 5) is 18.4. The van der Waals surface area contributed by atoms with E-state index in [0.717, 1.165) is 28.0 Å². The molecule has 0 fully saturated rings. The number of pyridine rings is 1. The zero-order valence-electron chi connectivity index (χ0n) is 19.5. The Balaban J connectivity index is 1.53. The predicted octanol–water partition coefficient (Wildman–Crippen LogP) is 4.60. The summed E-state index contributed by atoms with van der Waals surface area (Å²) in [6, 6.07) is 17.3. The number of thioether (sulfide) groups is 1. The molecule has 0 radical (unpaired) electrons. The minimum Gasteiger partial charge on any atom is -0.495 e. The molecule has 8 nitrogen and oxygen atoms in total. The Hall–Kier alpha value is -4.11. The number of ether oxygens (including phenoxy) is 1. The van der Waals surface area contributed by atoms with Crippen LogP contribution >= 0.6 is 11.8 Å². The topological polar surface area (TPSA) is 78.7 Å². The van der Waals surface area contributed by atoms with Gasteiger partial charge in [-0.3, -0.25) is 9.20 Å². The molecule has 6 aromatic rings. The molecule has 174 valence electrons. The summed E-state index contributed by atoms with van der Waals surface area (Å²) in [7, 11) is 1.60. The Kier molecular flexibility index (Phi) is 5.07. The molecule has 4 aromatic heterocycles. The van der Waals surface area contributed by atoms with Gasteiger partial charge in [-0.05, 0) is 55.3 Å². The lowest BCUT2D eigenvalue weighted by Gasteiger charge is -2.14. The van der Waals surface area contributed by atoms with E-state index in [4.69, 9.17) is 9.72 Å². The van der Waals surface area contributed by atoms with Gasteiger partial charge in [-0.15, -0.1) is 10.2 Å². The Morgan fingerprint density at radius 2 is 1.89 bits per heavy atom. The van der Waals surface area contributed by atoms with Gasteiger partial charge in [0.1, 0.15) is 11.4 Å². The minimum absolute atomic E-state index is 0.170. The third-order valence-electron chi connectivity index (χ3n) is 6.05. The molecule has 35 heavy (non-hydrogen) atoms. The van der Waals surface area contributed by atoms with E-state index in [0.29, 0.717) is 33.5 Å². The fraction of sp³-hybridized carbons (Fsp3) is 0.154. The highest BCUT2D eigenvalue weighted by Crippen LogP contribution is 2.29. The molecule has 2 aromatic carbocycles. The monoisotopic (exact) mass is 482 g/mol. The first-order valence-electron chi connectivity index (χ1n) is 11.1. The molecule has 4 heterocycles. The van der Waals surface area contributed by atoms with Crippen molar-refractivity contribution in [1.82, 2.24) is 28.5 Å². The summed E-state index contributed by atoms with van der Waals surface area (Å²) in [6.07, 6.45) is 4.03. The van der Waals surface area contributed by atoms with E-state index in [1.165, 1.54) is 11.8 Å². The van der Waals surface area contributed by atoms with Crippen molar-refractivity contribution in [2.45, 2.75) is 24.8 Å². The number of hydrogen-bond acceptors (Lipinski definition) is 6. The smallest absolute Gasteiger partial charge is 0.267 e. The summed E-state index contributed by atoms with van der Waals surface area (Å²) in [5, 5.41) is 10.2. The third-order valence-corrected chi connectivity index (χ3v) is 7.01. The Morgan fingerprint density at radius 3 is 2.71 bits per heavy atom. The van der Waals surface area contributed by atoms with Gasteiger partial charge in [0.15, 0.2) is 5.16 Å². The zero-order chi connectivity index (χ0) is 24.1. The summed E-state index contributed by atoms with van der Waals surface area (Å²) in [5.74, 6) is 1.64. The van der Waals surface area contributed by atoms with Crippen LogP contribution in [0, 0.1) is 13.8 Å². The average molecular weight is 483 g/mol. The number of aryl methyl sites for hydroxylation is 2. The molecule has 0 spiro atoms. The van der Waals surface area contributed by atoms with Crippen molar-refractivity contribution in [2.24, 2.45) is 0 Å². The second-order valence-electron chi connectivity index (χ2n) is 8.39. The van der Waals surface area contributed by atoms with Crippen LogP contribution in [0.2, 0.25) is 0 Å². The minimum atomic E-state index is -0.170. The van der Waals surface area contributed by atoms with Crippen molar-refractivity contribution in [1.29, 1.82) is 0 Å². The third kappa shape index (κ3) is 3.47. The maximum atomic E-state index is 13.6. The highest BCUT2D eigenvalue weighted by atomic mass is 32.2. The van der Waals surface area contributed by atoms with Crippen LogP contribution in [0.3, 0.4) is 0 Å². The van der Waals surface area contributed by atoms with E-state index in [2.05, 4.69) is 23.2 Å². The lowest BCUT2D eigenvalue weighted by atomic mass is 10.2. The molecule has 0 N–H and O–H groups in total. The molecule has 0 unspecified atom stereocenters. The van der Waals surface area contributed by atoms with E-state index >= 15 is 0 Å². The van der Waals surface area contributed by atoms with Crippen LogP contribution in [0.1, 0.15) is 16.8 Å². The highest BCUT2D eigenvalue weighted by Gasteiger charge is 2.20. The van der Waals surface area contributed by atoms with E-state index < -0.39 is 0 Å².